The molecule has 0 aliphatic rings. The minimum atomic E-state index is 0.532. The highest BCUT2D eigenvalue weighted by Gasteiger charge is 2.05. The number of rotatable bonds is 2. The van der Waals surface area contributed by atoms with Crippen molar-refractivity contribution in [2.45, 2.75) is 0 Å². The number of nitrogens with one attached hydrogen (secondary N) is 1. The number of aromatic amines is 1. The summed E-state index contributed by atoms with van der Waals surface area (Å²) >= 11 is 5.93. The molecule has 0 saturated heterocycles. The van der Waals surface area contributed by atoms with E-state index in [1.165, 1.54) is 0 Å². The van der Waals surface area contributed by atoms with Gasteiger partial charge < -0.3 is 9.72 Å². The molecule has 0 amide bonds. The lowest BCUT2D eigenvalue weighted by Gasteiger charge is -2.01. The molecule has 3 nitrogen and oxygen atoms in total. The van der Waals surface area contributed by atoms with Gasteiger partial charge in [-0.15, -0.1) is 0 Å². The number of fused-ring (bicyclic) bond motifs is 1. The van der Waals surface area contributed by atoms with Crippen LogP contribution in [-0.2, 0) is 0 Å². The lowest BCUT2D eigenvalue weighted by Crippen LogP contribution is -1.83. The number of carbonyl (C=O) groups excluding carboxylic acids is 1. The Labute approximate surface area is 85.6 Å². The normalized spacial score (nSPS) is 10.4. The summed E-state index contributed by atoms with van der Waals surface area (Å²) in [5.74, 6) is 0.596. The first-order chi connectivity index (χ1) is 6.74. The zero-order chi connectivity index (χ0) is 10.1. The Morgan fingerprint density at radius 1 is 1.43 bits per heavy atom. The van der Waals surface area contributed by atoms with Crippen LogP contribution in [0.5, 0.6) is 5.75 Å². The quantitative estimate of drug-likeness (QED) is 0.773. The highest BCUT2D eigenvalue weighted by molar-refractivity contribution is 6.32. The van der Waals surface area contributed by atoms with E-state index in [1.807, 2.05) is 0 Å². The van der Waals surface area contributed by atoms with Crippen LogP contribution in [0.2, 0.25) is 5.02 Å². The van der Waals surface area contributed by atoms with Gasteiger partial charge in [0.05, 0.1) is 17.8 Å². The fourth-order valence-electron chi connectivity index (χ4n) is 1.38. The molecule has 0 radical (unpaired) electrons. The zero-order valence-corrected chi connectivity index (χ0v) is 8.26. The van der Waals surface area contributed by atoms with E-state index in [0.29, 0.717) is 16.5 Å². The van der Waals surface area contributed by atoms with Crippen LogP contribution in [0.15, 0.2) is 18.2 Å². The number of ether oxygens (including phenoxy) is 1. The van der Waals surface area contributed by atoms with Gasteiger partial charge in [-0.1, -0.05) is 11.6 Å². The molecule has 0 bridgehead atoms. The second-order valence-electron chi connectivity index (χ2n) is 2.92. The van der Waals surface area contributed by atoms with Crippen LogP contribution in [0.3, 0.4) is 0 Å². The number of H-pyrrole nitrogens is 1. The first kappa shape index (κ1) is 9.09. The van der Waals surface area contributed by atoms with Gasteiger partial charge in [-0.25, -0.2) is 0 Å². The second kappa shape index (κ2) is 3.35. The van der Waals surface area contributed by atoms with Gasteiger partial charge in [0.2, 0.25) is 0 Å². The molecule has 0 unspecified atom stereocenters. The predicted molar refractivity (Wildman–Crippen MR) is 55.2 cm³/mol. The van der Waals surface area contributed by atoms with E-state index in [1.54, 1.807) is 25.3 Å². The molecule has 0 atom stereocenters. The number of aromatic nitrogens is 1. The zero-order valence-electron chi connectivity index (χ0n) is 7.50. The highest BCUT2D eigenvalue weighted by Crippen LogP contribution is 2.29. The van der Waals surface area contributed by atoms with Crippen LogP contribution in [-0.4, -0.2) is 18.4 Å². The van der Waals surface area contributed by atoms with Gasteiger partial charge in [0, 0.05) is 17.0 Å². The van der Waals surface area contributed by atoms with Crippen molar-refractivity contribution in [2.75, 3.05) is 7.11 Å². The summed E-state index contributed by atoms with van der Waals surface area (Å²) in [4.78, 5) is 13.5. The van der Waals surface area contributed by atoms with Crippen molar-refractivity contribution in [1.29, 1.82) is 0 Å². The predicted octanol–water partition coefficient (Wildman–Crippen LogP) is 2.64. The Bertz CT molecular complexity index is 490. The van der Waals surface area contributed by atoms with Crippen molar-refractivity contribution in [1.82, 2.24) is 4.98 Å². The largest absolute Gasteiger partial charge is 0.495 e. The summed E-state index contributed by atoms with van der Waals surface area (Å²) in [6.45, 7) is 0. The van der Waals surface area contributed by atoms with Gasteiger partial charge in [-0.2, -0.15) is 0 Å². The van der Waals surface area contributed by atoms with Crippen molar-refractivity contribution in [3.05, 3.63) is 28.9 Å². The van der Waals surface area contributed by atoms with Crippen LogP contribution in [0.1, 0.15) is 10.5 Å². The molecule has 0 saturated carbocycles. The molecule has 1 aromatic heterocycles. The standard InChI is InChI=1S/C10H8ClNO2/c1-14-10-4-9-6(3-8(10)11)2-7(5-13)12-9/h2-5,12H,1H3. The molecule has 4 heteroatoms. The van der Waals surface area contributed by atoms with E-state index in [0.717, 1.165) is 17.2 Å². The Morgan fingerprint density at radius 3 is 2.86 bits per heavy atom. The third kappa shape index (κ3) is 1.36. The van der Waals surface area contributed by atoms with E-state index in [9.17, 15) is 4.79 Å². The molecule has 0 aliphatic heterocycles. The molecule has 72 valence electrons. The van der Waals surface area contributed by atoms with Gasteiger partial charge in [-0.3, -0.25) is 4.79 Å². The summed E-state index contributed by atoms with van der Waals surface area (Å²) in [5.41, 5.74) is 1.37. The average molecular weight is 210 g/mol. The summed E-state index contributed by atoms with van der Waals surface area (Å²) in [6, 6.07) is 5.28. The highest BCUT2D eigenvalue weighted by atomic mass is 35.5. The number of hydrogen-bond acceptors (Lipinski definition) is 2. The maximum Gasteiger partial charge on any atom is 0.166 e. The Hall–Kier alpha value is -1.48. The van der Waals surface area contributed by atoms with E-state index < -0.39 is 0 Å². The Kier molecular flexibility index (Phi) is 2.17. The van der Waals surface area contributed by atoms with E-state index >= 15 is 0 Å². The SMILES string of the molecule is COc1cc2[nH]c(C=O)cc2cc1Cl. The molecular weight excluding hydrogens is 202 g/mol. The smallest absolute Gasteiger partial charge is 0.166 e. The summed E-state index contributed by atoms with van der Waals surface area (Å²) in [7, 11) is 1.55. The van der Waals surface area contributed by atoms with E-state index in [4.69, 9.17) is 16.3 Å². The van der Waals surface area contributed by atoms with Crippen molar-refractivity contribution in [3.8, 4) is 5.75 Å². The minimum absolute atomic E-state index is 0.532. The molecule has 0 fully saturated rings. The van der Waals surface area contributed by atoms with Gasteiger partial charge in [0.15, 0.2) is 6.29 Å². The third-order valence-corrected chi connectivity index (χ3v) is 2.34. The number of carbonyl (C=O) groups is 1. The van der Waals surface area contributed by atoms with Crippen LogP contribution in [0.25, 0.3) is 10.9 Å². The van der Waals surface area contributed by atoms with Gasteiger partial charge in [0.1, 0.15) is 5.75 Å². The molecule has 1 N–H and O–H groups in total. The van der Waals surface area contributed by atoms with Crippen molar-refractivity contribution in [2.24, 2.45) is 0 Å². The molecule has 1 aromatic carbocycles. The Morgan fingerprint density at radius 2 is 2.21 bits per heavy atom. The van der Waals surface area contributed by atoms with Gasteiger partial charge in [-0.05, 0) is 12.1 Å². The summed E-state index contributed by atoms with van der Waals surface area (Å²) in [6.07, 6.45) is 0.764. The van der Waals surface area contributed by atoms with Crippen molar-refractivity contribution >= 4 is 28.8 Å². The van der Waals surface area contributed by atoms with Crippen LogP contribution < -0.4 is 4.74 Å². The van der Waals surface area contributed by atoms with Crippen LogP contribution >= 0.6 is 11.6 Å². The first-order valence-corrected chi connectivity index (χ1v) is 4.44. The number of aldehydes is 1. The maximum absolute atomic E-state index is 10.5. The molecular formula is C10H8ClNO2. The molecule has 0 spiro atoms. The van der Waals surface area contributed by atoms with Gasteiger partial charge in [0.25, 0.3) is 0 Å². The van der Waals surface area contributed by atoms with Crippen molar-refractivity contribution in [3.63, 3.8) is 0 Å². The second-order valence-corrected chi connectivity index (χ2v) is 3.32. The minimum Gasteiger partial charge on any atom is -0.495 e. The number of methoxy groups -OCH3 is 1. The summed E-state index contributed by atoms with van der Waals surface area (Å²) < 4.78 is 5.06. The molecule has 0 aliphatic carbocycles. The maximum atomic E-state index is 10.5. The van der Waals surface area contributed by atoms with Crippen molar-refractivity contribution < 1.29 is 9.53 Å². The number of halogens is 1. The topological polar surface area (TPSA) is 42.1 Å². The lowest BCUT2D eigenvalue weighted by molar-refractivity contribution is 0.112. The lowest BCUT2D eigenvalue weighted by atomic mass is 10.2. The van der Waals surface area contributed by atoms with Gasteiger partial charge >= 0.3 is 0 Å². The fourth-order valence-corrected chi connectivity index (χ4v) is 1.62. The van der Waals surface area contributed by atoms with Crippen LogP contribution in [0.4, 0.5) is 0 Å². The first-order valence-electron chi connectivity index (χ1n) is 4.06. The molecule has 2 aromatic rings. The molecule has 14 heavy (non-hydrogen) atoms. The monoisotopic (exact) mass is 209 g/mol. The molecule has 2 rings (SSSR count). The number of benzene rings is 1. The fraction of sp³-hybridized carbons (Fsp3) is 0.100. The third-order valence-electron chi connectivity index (χ3n) is 2.04. The van der Waals surface area contributed by atoms with Crippen LogP contribution in [0, 0.1) is 0 Å². The van der Waals surface area contributed by atoms with E-state index in [-0.39, 0.29) is 0 Å². The van der Waals surface area contributed by atoms with E-state index in [2.05, 4.69) is 4.98 Å². The molecule has 1 heterocycles. The average Bonchev–Trinajstić information content (AvgIpc) is 2.58. The Balaban J connectivity index is 2.69. The summed E-state index contributed by atoms with van der Waals surface area (Å²) in [5, 5.41) is 1.44. The number of hydrogen-bond donors (Lipinski definition) is 1.